The maximum atomic E-state index is 8.71. The Morgan fingerprint density at radius 2 is 2.33 bits per heavy atom. The maximum absolute atomic E-state index is 8.71. The Hall–Kier alpha value is -0.480. The van der Waals surface area contributed by atoms with E-state index in [0.29, 0.717) is 18.4 Å². The molecular formula is C8H12O. The predicted octanol–water partition coefficient (Wildman–Crippen LogP) is 1.03. The first-order valence-corrected chi connectivity index (χ1v) is 3.43. The van der Waals surface area contributed by atoms with E-state index in [9.17, 15) is 0 Å². The van der Waals surface area contributed by atoms with Gasteiger partial charge in [-0.05, 0) is 25.2 Å². The lowest BCUT2D eigenvalue weighted by atomic mass is 10.1. The summed E-state index contributed by atoms with van der Waals surface area (Å²) in [5, 5.41) is 8.71. The van der Waals surface area contributed by atoms with Crippen molar-refractivity contribution >= 4 is 0 Å². The lowest BCUT2D eigenvalue weighted by Crippen LogP contribution is -1.99. The molecule has 0 aromatic heterocycles. The first-order chi connectivity index (χ1) is 4.36. The molecule has 1 rings (SSSR count). The van der Waals surface area contributed by atoms with Gasteiger partial charge in [0.15, 0.2) is 0 Å². The first kappa shape index (κ1) is 6.64. The Kier molecular flexibility index (Phi) is 2.13. The van der Waals surface area contributed by atoms with E-state index in [4.69, 9.17) is 11.5 Å². The van der Waals surface area contributed by atoms with Crippen molar-refractivity contribution in [3.05, 3.63) is 0 Å². The van der Waals surface area contributed by atoms with Crippen LogP contribution >= 0.6 is 0 Å². The van der Waals surface area contributed by atoms with Crippen molar-refractivity contribution in [2.45, 2.75) is 19.3 Å². The van der Waals surface area contributed by atoms with Crippen LogP contribution in [0.15, 0.2) is 0 Å². The van der Waals surface area contributed by atoms with E-state index in [1.807, 2.05) is 0 Å². The van der Waals surface area contributed by atoms with E-state index in [1.165, 1.54) is 0 Å². The highest BCUT2D eigenvalue weighted by Crippen LogP contribution is 2.29. The van der Waals surface area contributed by atoms with Crippen LogP contribution in [-0.4, -0.2) is 11.7 Å². The third-order valence-electron chi connectivity index (χ3n) is 2.04. The van der Waals surface area contributed by atoms with Gasteiger partial charge in [-0.1, -0.05) is 0 Å². The van der Waals surface area contributed by atoms with Crippen molar-refractivity contribution in [3.8, 4) is 12.3 Å². The molecule has 0 amide bonds. The molecule has 9 heavy (non-hydrogen) atoms. The second-order valence-corrected chi connectivity index (χ2v) is 2.73. The van der Waals surface area contributed by atoms with Crippen LogP contribution in [0, 0.1) is 24.2 Å². The van der Waals surface area contributed by atoms with Crippen molar-refractivity contribution in [1.29, 1.82) is 0 Å². The molecular weight excluding hydrogens is 112 g/mol. The summed E-state index contributed by atoms with van der Waals surface area (Å²) >= 11 is 0. The van der Waals surface area contributed by atoms with Crippen LogP contribution in [0.2, 0.25) is 0 Å². The van der Waals surface area contributed by atoms with Crippen LogP contribution in [0.3, 0.4) is 0 Å². The molecule has 0 aromatic rings. The van der Waals surface area contributed by atoms with Crippen LogP contribution in [0.25, 0.3) is 0 Å². The highest BCUT2D eigenvalue weighted by Gasteiger charge is 2.21. The molecule has 2 atom stereocenters. The van der Waals surface area contributed by atoms with Crippen LogP contribution < -0.4 is 0 Å². The monoisotopic (exact) mass is 124 g/mol. The molecule has 50 valence electrons. The number of rotatable bonds is 1. The van der Waals surface area contributed by atoms with Gasteiger partial charge >= 0.3 is 0 Å². The highest BCUT2D eigenvalue weighted by atomic mass is 16.3. The van der Waals surface area contributed by atoms with E-state index in [0.717, 1.165) is 19.3 Å². The summed E-state index contributed by atoms with van der Waals surface area (Å²) in [5.41, 5.74) is 0. The Labute approximate surface area is 56.1 Å². The Morgan fingerprint density at radius 3 is 2.67 bits per heavy atom. The van der Waals surface area contributed by atoms with Crippen molar-refractivity contribution < 1.29 is 5.11 Å². The van der Waals surface area contributed by atoms with Crippen molar-refractivity contribution in [3.63, 3.8) is 0 Å². The van der Waals surface area contributed by atoms with Crippen molar-refractivity contribution in [1.82, 2.24) is 0 Å². The second kappa shape index (κ2) is 2.89. The normalized spacial score (nSPS) is 34.2. The Morgan fingerprint density at radius 1 is 1.56 bits per heavy atom. The van der Waals surface area contributed by atoms with Crippen LogP contribution in [-0.2, 0) is 0 Å². The van der Waals surface area contributed by atoms with E-state index in [1.54, 1.807) is 0 Å². The van der Waals surface area contributed by atoms with Gasteiger partial charge in [0.05, 0.1) is 0 Å². The predicted molar refractivity (Wildman–Crippen MR) is 36.7 cm³/mol. The zero-order valence-electron chi connectivity index (χ0n) is 5.51. The molecule has 1 saturated carbocycles. The minimum absolute atomic E-state index is 0.318. The van der Waals surface area contributed by atoms with E-state index in [-0.39, 0.29) is 0 Å². The molecule has 0 aliphatic heterocycles. The summed E-state index contributed by atoms with van der Waals surface area (Å²) < 4.78 is 0. The van der Waals surface area contributed by atoms with Gasteiger partial charge in [-0.3, -0.25) is 0 Å². The molecule has 0 radical (unpaired) electrons. The summed E-state index contributed by atoms with van der Waals surface area (Å²) in [6, 6.07) is 0. The van der Waals surface area contributed by atoms with Crippen molar-refractivity contribution in [2.24, 2.45) is 11.8 Å². The van der Waals surface area contributed by atoms with Gasteiger partial charge in [0, 0.05) is 12.5 Å². The van der Waals surface area contributed by atoms with Gasteiger partial charge in [-0.2, -0.15) is 0 Å². The molecule has 1 nitrogen and oxygen atoms in total. The summed E-state index contributed by atoms with van der Waals surface area (Å²) in [4.78, 5) is 0. The molecule has 1 heteroatoms. The smallest absolute Gasteiger partial charge is 0.0459 e. The van der Waals surface area contributed by atoms with E-state index < -0.39 is 0 Å². The van der Waals surface area contributed by atoms with Crippen LogP contribution in [0.5, 0.6) is 0 Å². The third-order valence-corrected chi connectivity index (χ3v) is 2.04. The number of aliphatic hydroxyl groups excluding tert-OH is 1. The fourth-order valence-electron chi connectivity index (χ4n) is 1.39. The molecule has 1 aliphatic rings. The Bertz CT molecular complexity index is 123. The van der Waals surface area contributed by atoms with Gasteiger partial charge in [0.2, 0.25) is 0 Å². The number of hydrogen-bond acceptors (Lipinski definition) is 1. The summed E-state index contributed by atoms with van der Waals surface area (Å²) in [6.45, 7) is 0.318. The molecule has 1 aliphatic carbocycles. The standard InChI is InChI=1S/C8H12O/c1-2-7-3-4-8(5-7)6-9/h1,7-9H,3-6H2. The molecule has 0 spiro atoms. The second-order valence-electron chi connectivity index (χ2n) is 2.73. The van der Waals surface area contributed by atoms with Crippen LogP contribution in [0.1, 0.15) is 19.3 Å². The topological polar surface area (TPSA) is 20.2 Å². The highest BCUT2D eigenvalue weighted by molar-refractivity contribution is 4.97. The summed E-state index contributed by atoms with van der Waals surface area (Å²) in [5.74, 6) is 3.66. The molecule has 0 heterocycles. The number of terminal acetylenes is 1. The van der Waals surface area contributed by atoms with Gasteiger partial charge in [-0.15, -0.1) is 12.3 Å². The largest absolute Gasteiger partial charge is 0.396 e. The maximum Gasteiger partial charge on any atom is 0.0459 e. The summed E-state index contributed by atoms with van der Waals surface area (Å²) in [6.07, 6.45) is 8.48. The average molecular weight is 124 g/mol. The Balaban J connectivity index is 2.31. The SMILES string of the molecule is C#CC1CCC(CO)C1. The quantitative estimate of drug-likeness (QED) is 0.517. The van der Waals surface area contributed by atoms with E-state index in [2.05, 4.69) is 5.92 Å². The fourth-order valence-corrected chi connectivity index (χ4v) is 1.39. The lowest BCUT2D eigenvalue weighted by molar-refractivity contribution is 0.228. The molecule has 2 unspecified atom stereocenters. The minimum atomic E-state index is 0.318. The molecule has 0 bridgehead atoms. The number of aliphatic hydroxyl groups is 1. The number of hydrogen-bond donors (Lipinski definition) is 1. The van der Waals surface area contributed by atoms with E-state index >= 15 is 0 Å². The van der Waals surface area contributed by atoms with Crippen molar-refractivity contribution in [2.75, 3.05) is 6.61 Å². The summed E-state index contributed by atoms with van der Waals surface area (Å²) in [7, 11) is 0. The average Bonchev–Trinajstić information content (AvgIpc) is 2.34. The minimum Gasteiger partial charge on any atom is -0.396 e. The third kappa shape index (κ3) is 1.46. The van der Waals surface area contributed by atoms with Crippen LogP contribution in [0.4, 0.5) is 0 Å². The van der Waals surface area contributed by atoms with Gasteiger partial charge in [0.25, 0.3) is 0 Å². The van der Waals surface area contributed by atoms with Gasteiger partial charge in [-0.25, -0.2) is 0 Å². The first-order valence-electron chi connectivity index (χ1n) is 3.43. The van der Waals surface area contributed by atoms with Gasteiger partial charge in [0.1, 0.15) is 0 Å². The lowest BCUT2D eigenvalue weighted by Gasteiger charge is -2.01. The zero-order chi connectivity index (χ0) is 6.69. The molecule has 0 saturated heterocycles. The van der Waals surface area contributed by atoms with Gasteiger partial charge < -0.3 is 5.11 Å². The fraction of sp³-hybridized carbons (Fsp3) is 0.750. The zero-order valence-corrected chi connectivity index (χ0v) is 5.51. The molecule has 1 N–H and O–H groups in total. The molecule has 0 aromatic carbocycles. The molecule has 1 fully saturated rings.